The van der Waals surface area contributed by atoms with E-state index in [-0.39, 0.29) is 11.7 Å². The van der Waals surface area contributed by atoms with E-state index in [0.717, 1.165) is 10.0 Å². The largest absolute Gasteiger partial charge is 0.352 e. The van der Waals surface area contributed by atoms with Gasteiger partial charge >= 0.3 is 0 Å². The summed E-state index contributed by atoms with van der Waals surface area (Å²) in [6, 6.07) is 5.52. The minimum absolute atomic E-state index is 0.0856. The average molecular weight is 334 g/mol. The van der Waals surface area contributed by atoms with E-state index in [2.05, 4.69) is 21.2 Å². The number of rotatable bonds is 5. The molecule has 0 aliphatic carbocycles. The van der Waals surface area contributed by atoms with E-state index in [4.69, 9.17) is 0 Å². The topological polar surface area (TPSA) is 63.2 Å². The smallest absolute Gasteiger partial charge is 0.252 e. The zero-order valence-corrected chi connectivity index (χ0v) is 12.8. The van der Waals surface area contributed by atoms with Gasteiger partial charge in [-0.05, 0) is 41.4 Å². The summed E-state index contributed by atoms with van der Waals surface area (Å²) in [7, 11) is -2.96. The van der Waals surface area contributed by atoms with Gasteiger partial charge in [0, 0.05) is 17.3 Å². The predicted octanol–water partition coefficient (Wildman–Crippen LogP) is 1.92. The molecule has 0 fully saturated rings. The molecule has 0 spiro atoms. The Kier molecular flexibility index (Phi) is 5.34. The molecule has 0 aliphatic rings. The van der Waals surface area contributed by atoms with Crippen LogP contribution in [0, 0.1) is 6.92 Å². The Labute approximate surface area is 116 Å². The van der Waals surface area contributed by atoms with Gasteiger partial charge < -0.3 is 5.32 Å². The summed E-state index contributed by atoms with van der Waals surface area (Å²) in [5.41, 5.74) is 1.56. The van der Waals surface area contributed by atoms with Gasteiger partial charge in [-0.1, -0.05) is 11.6 Å². The van der Waals surface area contributed by atoms with Gasteiger partial charge in [0.05, 0.1) is 11.3 Å². The third kappa shape index (κ3) is 5.18. The minimum Gasteiger partial charge on any atom is -0.352 e. The highest BCUT2D eigenvalue weighted by molar-refractivity contribution is 9.10. The van der Waals surface area contributed by atoms with Crippen LogP contribution in [0.25, 0.3) is 0 Å². The van der Waals surface area contributed by atoms with Crippen LogP contribution in [0.15, 0.2) is 22.7 Å². The lowest BCUT2D eigenvalue weighted by Gasteiger charge is -2.07. The summed E-state index contributed by atoms with van der Waals surface area (Å²) in [5.74, 6) is -0.110. The Bertz CT molecular complexity index is 540. The van der Waals surface area contributed by atoms with Gasteiger partial charge in [0.25, 0.3) is 5.91 Å². The molecule has 18 heavy (non-hydrogen) atoms. The molecule has 4 nitrogen and oxygen atoms in total. The van der Waals surface area contributed by atoms with Crippen molar-refractivity contribution in [2.24, 2.45) is 0 Å². The fourth-order valence-corrected chi connectivity index (χ4v) is 2.54. The van der Waals surface area contributed by atoms with Gasteiger partial charge in [-0.25, -0.2) is 8.42 Å². The Morgan fingerprint density at radius 2 is 2.06 bits per heavy atom. The van der Waals surface area contributed by atoms with Crippen LogP contribution < -0.4 is 5.32 Å². The summed E-state index contributed by atoms with van der Waals surface area (Å²) in [5, 5.41) is 2.71. The fourth-order valence-electron chi connectivity index (χ4n) is 1.44. The summed E-state index contributed by atoms with van der Waals surface area (Å²) in [4.78, 5) is 11.9. The van der Waals surface area contributed by atoms with E-state index < -0.39 is 9.84 Å². The normalized spacial score (nSPS) is 11.3. The maximum Gasteiger partial charge on any atom is 0.252 e. The molecule has 0 bridgehead atoms. The van der Waals surface area contributed by atoms with Crippen molar-refractivity contribution in [2.75, 3.05) is 18.6 Å². The van der Waals surface area contributed by atoms with Crippen LogP contribution in [0.5, 0.6) is 0 Å². The van der Waals surface area contributed by atoms with Crippen LogP contribution in [0.1, 0.15) is 22.3 Å². The van der Waals surface area contributed by atoms with E-state index in [1.165, 1.54) is 6.26 Å². The standard InChI is InChI=1S/C12H16BrNO3S/c1-9-4-5-11(13)10(8-9)12(15)14-6-3-7-18(2,16)17/h4-5,8H,3,6-7H2,1-2H3,(H,14,15). The second-order valence-corrected chi connectivity index (χ2v) is 7.34. The summed E-state index contributed by atoms with van der Waals surface area (Å²) < 4.78 is 22.6. The van der Waals surface area contributed by atoms with Crippen molar-refractivity contribution >= 4 is 31.7 Å². The van der Waals surface area contributed by atoms with Gasteiger partial charge in [0.1, 0.15) is 9.84 Å². The molecule has 1 rings (SSSR count). The van der Waals surface area contributed by atoms with Crippen LogP contribution in [0.3, 0.4) is 0 Å². The zero-order chi connectivity index (χ0) is 13.8. The second-order valence-electron chi connectivity index (χ2n) is 4.22. The van der Waals surface area contributed by atoms with Crippen molar-refractivity contribution in [1.29, 1.82) is 0 Å². The lowest BCUT2D eigenvalue weighted by atomic mass is 10.1. The molecule has 0 unspecified atom stereocenters. The summed E-state index contributed by atoms with van der Waals surface area (Å²) >= 11 is 3.32. The maximum atomic E-state index is 11.9. The molecular weight excluding hydrogens is 318 g/mol. The Morgan fingerprint density at radius 3 is 2.67 bits per heavy atom. The Hall–Kier alpha value is -0.880. The van der Waals surface area contributed by atoms with E-state index >= 15 is 0 Å². The predicted molar refractivity (Wildman–Crippen MR) is 75.5 cm³/mol. The summed E-state index contributed by atoms with van der Waals surface area (Å²) in [6.45, 7) is 2.26. The monoisotopic (exact) mass is 333 g/mol. The second kappa shape index (κ2) is 6.33. The van der Waals surface area contributed by atoms with E-state index in [9.17, 15) is 13.2 Å². The van der Waals surface area contributed by atoms with Crippen LogP contribution in [0.4, 0.5) is 0 Å². The number of aryl methyl sites for hydroxylation is 1. The van der Waals surface area contributed by atoms with Gasteiger partial charge in [0.2, 0.25) is 0 Å². The first-order valence-electron chi connectivity index (χ1n) is 5.51. The fraction of sp³-hybridized carbons (Fsp3) is 0.417. The number of amides is 1. The summed E-state index contributed by atoms with van der Waals surface area (Å²) in [6.07, 6.45) is 1.61. The number of halogens is 1. The van der Waals surface area contributed by atoms with Gasteiger partial charge in [-0.15, -0.1) is 0 Å². The molecular formula is C12H16BrNO3S. The van der Waals surface area contributed by atoms with Crippen LogP contribution >= 0.6 is 15.9 Å². The number of sulfone groups is 1. The quantitative estimate of drug-likeness (QED) is 0.837. The molecule has 1 N–H and O–H groups in total. The van der Waals surface area contributed by atoms with Crippen LogP contribution in [-0.2, 0) is 9.84 Å². The van der Waals surface area contributed by atoms with Crippen molar-refractivity contribution in [2.45, 2.75) is 13.3 Å². The Morgan fingerprint density at radius 1 is 1.39 bits per heavy atom. The SMILES string of the molecule is Cc1ccc(Br)c(C(=O)NCCCS(C)(=O)=O)c1. The number of benzene rings is 1. The number of carbonyl (C=O) groups excluding carboxylic acids is 1. The molecule has 1 aromatic carbocycles. The molecule has 6 heteroatoms. The van der Waals surface area contributed by atoms with E-state index in [0.29, 0.717) is 18.5 Å². The average Bonchev–Trinajstić information content (AvgIpc) is 2.26. The van der Waals surface area contributed by atoms with Crippen molar-refractivity contribution in [3.63, 3.8) is 0 Å². The van der Waals surface area contributed by atoms with Gasteiger partial charge in [-0.3, -0.25) is 4.79 Å². The molecule has 0 saturated carbocycles. The third-order valence-electron chi connectivity index (χ3n) is 2.34. The molecule has 100 valence electrons. The maximum absolute atomic E-state index is 11.9. The highest BCUT2D eigenvalue weighted by atomic mass is 79.9. The number of hydrogen-bond donors (Lipinski definition) is 1. The Balaban J connectivity index is 2.53. The zero-order valence-electron chi connectivity index (χ0n) is 10.4. The molecule has 0 heterocycles. The molecule has 0 atom stereocenters. The van der Waals surface area contributed by atoms with Crippen LogP contribution in [-0.4, -0.2) is 32.9 Å². The number of hydrogen-bond acceptors (Lipinski definition) is 3. The molecule has 1 aromatic rings. The van der Waals surface area contributed by atoms with Crippen molar-refractivity contribution < 1.29 is 13.2 Å². The first kappa shape index (κ1) is 15.2. The third-order valence-corrected chi connectivity index (χ3v) is 4.07. The van der Waals surface area contributed by atoms with Gasteiger partial charge in [-0.2, -0.15) is 0 Å². The first-order chi connectivity index (χ1) is 8.29. The molecule has 0 radical (unpaired) electrons. The lowest BCUT2D eigenvalue weighted by molar-refractivity contribution is 0.0953. The molecule has 0 aliphatic heterocycles. The van der Waals surface area contributed by atoms with E-state index in [1.807, 2.05) is 19.1 Å². The van der Waals surface area contributed by atoms with Crippen molar-refractivity contribution in [1.82, 2.24) is 5.32 Å². The van der Waals surface area contributed by atoms with Gasteiger partial charge in [0.15, 0.2) is 0 Å². The first-order valence-corrected chi connectivity index (χ1v) is 8.37. The lowest BCUT2D eigenvalue weighted by Crippen LogP contribution is -2.26. The highest BCUT2D eigenvalue weighted by Gasteiger charge is 2.10. The molecule has 1 amide bonds. The van der Waals surface area contributed by atoms with Crippen molar-refractivity contribution in [3.8, 4) is 0 Å². The number of carbonyl (C=O) groups is 1. The molecule has 0 saturated heterocycles. The molecule has 0 aromatic heterocycles. The van der Waals surface area contributed by atoms with E-state index in [1.54, 1.807) is 6.07 Å². The van der Waals surface area contributed by atoms with Crippen LogP contribution in [0.2, 0.25) is 0 Å². The number of nitrogens with one attached hydrogen (secondary N) is 1. The minimum atomic E-state index is -2.96. The van der Waals surface area contributed by atoms with Crippen molar-refractivity contribution in [3.05, 3.63) is 33.8 Å². The highest BCUT2D eigenvalue weighted by Crippen LogP contribution is 2.17.